The van der Waals surface area contributed by atoms with Crippen molar-refractivity contribution in [3.8, 4) is 6.07 Å². The van der Waals surface area contributed by atoms with E-state index >= 15 is 0 Å². The van der Waals surface area contributed by atoms with Crippen molar-refractivity contribution in [2.45, 2.75) is 38.6 Å². The van der Waals surface area contributed by atoms with Crippen molar-refractivity contribution in [2.24, 2.45) is 0 Å². The number of aryl methyl sites for hydroxylation is 1. The van der Waals surface area contributed by atoms with Gasteiger partial charge in [-0.25, -0.2) is 13.4 Å². The molecule has 0 saturated carbocycles. The molecule has 2 aromatic rings. The summed E-state index contributed by atoms with van der Waals surface area (Å²) in [5.74, 6) is 0.0514. The van der Waals surface area contributed by atoms with Crippen molar-refractivity contribution in [1.82, 2.24) is 9.55 Å². The second kappa shape index (κ2) is 7.49. The predicted octanol–water partition coefficient (Wildman–Crippen LogP) is 2.19. The number of hydrogen-bond acceptors (Lipinski definition) is 5. The largest absolute Gasteiger partial charge is 0.326 e. The van der Waals surface area contributed by atoms with Crippen LogP contribution >= 0.6 is 0 Å². The van der Waals surface area contributed by atoms with Crippen LogP contribution in [0.1, 0.15) is 30.6 Å². The highest BCUT2D eigenvalue weighted by atomic mass is 32.2. The van der Waals surface area contributed by atoms with Gasteiger partial charge >= 0.3 is 0 Å². The number of amides is 1. The maximum absolute atomic E-state index is 12.4. The summed E-state index contributed by atoms with van der Waals surface area (Å²) in [6.07, 6.45) is 0.376. The van der Waals surface area contributed by atoms with Crippen LogP contribution in [0.4, 0.5) is 5.69 Å². The van der Waals surface area contributed by atoms with E-state index in [9.17, 15) is 13.2 Å². The zero-order valence-electron chi connectivity index (χ0n) is 14.4. The highest BCUT2D eigenvalue weighted by Gasteiger charge is 2.16. The molecule has 0 fully saturated rings. The molecule has 2 rings (SSSR count). The first-order chi connectivity index (χ1) is 11.7. The molecule has 0 bridgehead atoms. The molecule has 0 atom stereocenters. The minimum absolute atomic E-state index is 0.0337. The summed E-state index contributed by atoms with van der Waals surface area (Å²) in [6, 6.07) is 8.11. The first-order valence-corrected chi connectivity index (χ1v) is 9.44. The van der Waals surface area contributed by atoms with Crippen molar-refractivity contribution in [3.63, 3.8) is 0 Å². The molecule has 0 radical (unpaired) electrons. The fourth-order valence-corrected chi connectivity index (χ4v) is 3.79. The Morgan fingerprint density at radius 1 is 1.28 bits per heavy atom. The number of nitrogens with zero attached hydrogens (tertiary/aromatic N) is 3. The molecular formula is C17H20N4O3S. The van der Waals surface area contributed by atoms with Gasteiger partial charge < -0.3 is 9.88 Å². The summed E-state index contributed by atoms with van der Waals surface area (Å²) in [5.41, 5.74) is 2.19. The number of benzene rings is 1. The van der Waals surface area contributed by atoms with E-state index in [0.717, 1.165) is 11.4 Å². The maximum atomic E-state index is 12.4. The Morgan fingerprint density at radius 3 is 2.48 bits per heavy atom. The lowest BCUT2D eigenvalue weighted by Gasteiger charge is -2.09. The van der Waals surface area contributed by atoms with Gasteiger partial charge in [-0.1, -0.05) is 0 Å². The number of imidazole rings is 1. The number of sulfone groups is 1. The molecule has 1 heterocycles. The van der Waals surface area contributed by atoms with E-state index in [1.54, 1.807) is 16.7 Å². The fraction of sp³-hybridized carbons (Fsp3) is 0.353. The molecule has 25 heavy (non-hydrogen) atoms. The van der Waals surface area contributed by atoms with Gasteiger partial charge in [0.05, 0.1) is 16.3 Å². The van der Waals surface area contributed by atoms with Crippen LogP contribution < -0.4 is 5.32 Å². The Balaban J connectivity index is 2.05. The monoisotopic (exact) mass is 360 g/mol. The highest BCUT2D eigenvalue weighted by Crippen LogP contribution is 2.17. The Labute approximate surface area is 147 Å². The third kappa shape index (κ3) is 4.45. The van der Waals surface area contributed by atoms with Gasteiger partial charge in [0, 0.05) is 24.8 Å². The molecule has 1 aromatic heterocycles. The lowest BCUT2D eigenvalue weighted by Crippen LogP contribution is -2.12. The molecule has 0 aliphatic carbocycles. The van der Waals surface area contributed by atoms with Crippen molar-refractivity contribution in [2.75, 3.05) is 11.1 Å². The Hall–Kier alpha value is -2.66. The molecular weight excluding hydrogens is 340 g/mol. The number of rotatable bonds is 6. The first-order valence-electron chi connectivity index (χ1n) is 7.79. The quantitative estimate of drug-likeness (QED) is 0.850. The molecule has 7 nitrogen and oxygen atoms in total. The number of carbonyl (C=O) groups excluding carboxylic acids is 1. The average Bonchev–Trinajstić information content (AvgIpc) is 2.82. The standard InChI is InChI=1S/C17H20N4O3S/c1-12-13(2)21(17(11-18)19-12)9-4-10-25(23,24)16-7-5-15(6-8-16)20-14(3)22/h5-8H,4,9-10H2,1-3H3,(H,20,22). The molecule has 1 aromatic carbocycles. The van der Waals surface area contributed by atoms with Gasteiger partial charge in [0.15, 0.2) is 9.84 Å². The summed E-state index contributed by atoms with van der Waals surface area (Å²) in [6.45, 7) is 5.48. The van der Waals surface area contributed by atoms with Crippen molar-refractivity contribution < 1.29 is 13.2 Å². The summed E-state index contributed by atoms with van der Waals surface area (Å²) in [4.78, 5) is 15.4. The van der Waals surface area contributed by atoms with Crippen LogP contribution in [0.5, 0.6) is 0 Å². The van der Waals surface area contributed by atoms with Crippen LogP contribution in [-0.4, -0.2) is 29.6 Å². The van der Waals surface area contributed by atoms with Crippen molar-refractivity contribution in [1.29, 1.82) is 5.26 Å². The number of nitrogens with one attached hydrogen (secondary N) is 1. The Bertz CT molecular complexity index is 922. The van der Waals surface area contributed by atoms with E-state index < -0.39 is 9.84 Å². The lowest BCUT2D eigenvalue weighted by atomic mass is 10.3. The zero-order chi connectivity index (χ0) is 18.6. The van der Waals surface area contributed by atoms with Crippen LogP contribution in [0.15, 0.2) is 29.2 Å². The first kappa shape index (κ1) is 18.7. The molecule has 0 aliphatic rings. The van der Waals surface area contributed by atoms with E-state index in [1.165, 1.54) is 19.1 Å². The van der Waals surface area contributed by atoms with Crippen LogP contribution in [-0.2, 0) is 21.2 Å². The normalized spacial score (nSPS) is 11.1. The summed E-state index contributed by atoms with van der Waals surface area (Å²) in [5, 5.41) is 11.7. The molecule has 0 unspecified atom stereocenters. The van der Waals surface area contributed by atoms with Gasteiger partial charge in [-0.05, 0) is 44.5 Å². The number of carbonyl (C=O) groups is 1. The van der Waals surface area contributed by atoms with E-state index in [1.807, 2.05) is 19.9 Å². The number of hydrogen-bond donors (Lipinski definition) is 1. The smallest absolute Gasteiger partial charge is 0.221 e. The number of anilines is 1. The van der Waals surface area contributed by atoms with E-state index in [0.29, 0.717) is 24.5 Å². The Morgan fingerprint density at radius 2 is 1.92 bits per heavy atom. The van der Waals surface area contributed by atoms with Gasteiger partial charge in [-0.15, -0.1) is 0 Å². The van der Waals surface area contributed by atoms with Crippen molar-refractivity contribution in [3.05, 3.63) is 41.5 Å². The molecule has 0 saturated heterocycles. The summed E-state index contributed by atoms with van der Waals surface area (Å²) < 4.78 is 26.6. The molecule has 0 aliphatic heterocycles. The van der Waals surface area contributed by atoms with Crippen molar-refractivity contribution >= 4 is 21.4 Å². The van der Waals surface area contributed by atoms with Gasteiger partial charge in [-0.3, -0.25) is 4.79 Å². The molecule has 1 amide bonds. The minimum Gasteiger partial charge on any atom is -0.326 e. The topological polar surface area (TPSA) is 105 Å². The minimum atomic E-state index is -3.43. The fourth-order valence-electron chi connectivity index (χ4n) is 2.49. The van der Waals surface area contributed by atoms with Gasteiger partial charge in [0.2, 0.25) is 11.7 Å². The van der Waals surface area contributed by atoms with Crippen LogP contribution in [0, 0.1) is 25.2 Å². The lowest BCUT2D eigenvalue weighted by molar-refractivity contribution is -0.114. The van der Waals surface area contributed by atoms with Crippen LogP contribution in [0.3, 0.4) is 0 Å². The predicted molar refractivity (Wildman–Crippen MR) is 93.8 cm³/mol. The third-order valence-corrected chi connectivity index (χ3v) is 5.70. The summed E-state index contributed by atoms with van der Waals surface area (Å²) in [7, 11) is -3.43. The number of aromatic nitrogens is 2. The van der Waals surface area contributed by atoms with Crippen LogP contribution in [0.25, 0.3) is 0 Å². The molecule has 132 valence electrons. The molecule has 0 spiro atoms. The van der Waals surface area contributed by atoms with E-state index in [4.69, 9.17) is 5.26 Å². The molecule has 8 heteroatoms. The zero-order valence-corrected chi connectivity index (χ0v) is 15.2. The van der Waals surface area contributed by atoms with Gasteiger partial charge in [0.25, 0.3) is 0 Å². The SMILES string of the molecule is CC(=O)Nc1ccc(S(=O)(=O)CCCn2c(C#N)nc(C)c2C)cc1. The van der Waals surface area contributed by atoms with Gasteiger partial charge in [-0.2, -0.15) is 5.26 Å². The number of nitriles is 1. The molecule has 1 N–H and O–H groups in total. The van der Waals surface area contributed by atoms with E-state index in [-0.39, 0.29) is 16.6 Å². The second-order valence-electron chi connectivity index (χ2n) is 5.75. The second-order valence-corrected chi connectivity index (χ2v) is 7.86. The average molecular weight is 360 g/mol. The Kier molecular flexibility index (Phi) is 5.59. The highest BCUT2D eigenvalue weighted by molar-refractivity contribution is 7.91. The van der Waals surface area contributed by atoms with Crippen LogP contribution in [0.2, 0.25) is 0 Å². The maximum Gasteiger partial charge on any atom is 0.221 e. The van der Waals surface area contributed by atoms with E-state index in [2.05, 4.69) is 10.3 Å². The van der Waals surface area contributed by atoms with Gasteiger partial charge in [0.1, 0.15) is 6.07 Å². The third-order valence-electron chi connectivity index (χ3n) is 3.89. The summed E-state index contributed by atoms with van der Waals surface area (Å²) >= 11 is 0.